The highest BCUT2D eigenvalue weighted by Gasteiger charge is 2.01. The van der Waals surface area contributed by atoms with Gasteiger partial charge in [0.1, 0.15) is 0 Å². The SMILES string of the molecule is CC[NH+](CC)CCCCCCCCCCCCCCCCCc1ccccc1.[Cl-]. The molecule has 0 atom stereocenters. The number of rotatable bonds is 20. The van der Waals surface area contributed by atoms with Gasteiger partial charge in [-0.05, 0) is 45.1 Å². The third-order valence-corrected chi connectivity index (χ3v) is 6.34. The Morgan fingerprint density at radius 3 is 1.31 bits per heavy atom. The highest BCUT2D eigenvalue weighted by molar-refractivity contribution is 5.14. The Labute approximate surface area is 189 Å². The van der Waals surface area contributed by atoms with Gasteiger partial charge < -0.3 is 17.3 Å². The molecule has 0 amide bonds. The van der Waals surface area contributed by atoms with Crippen LogP contribution in [0.1, 0.15) is 116 Å². The van der Waals surface area contributed by atoms with Crippen LogP contribution in [0, 0.1) is 0 Å². The van der Waals surface area contributed by atoms with Crippen LogP contribution in [0.4, 0.5) is 0 Å². The maximum absolute atomic E-state index is 2.31. The van der Waals surface area contributed by atoms with Crippen LogP contribution in [0.2, 0.25) is 0 Å². The van der Waals surface area contributed by atoms with Crippen LogP contribution in [-0.4, -0.2) is 19.6 Å². The van der Waals surface area contributed by atoms with Gasteiger partial charge in [0.2, 0.25) is 0 Å². The number of nitrogens with one attached hydrogen (secondary N) is 1. The largest absolute Gasteiger partial charge is 1.00 e. The summed E-state index contributed by atoms with van der Waals surface area (Å²) in [7, 11) is 0. The van der Waals surface area contributed by atoms with Crippen LogP contribution in [0.5, 0.6) is 0 Å². The van der Waals surface area contributed by atoms with E-state index in [-0.39, 0.29) is 12.4 Å². The van der Waals surface area contributed by atoms with E-state index in [0.29, 0.717) is 0 Å². The van der Waals surface area contributed by atoms with Crippen molar-refractivity contribution in [1.29, 1.82) is 0 Å². The number of halogens is 1. The molecule has 0 heterocycles. The molecule has 0 bridgehead atoms. The number of aryl methyl sites for hydroxylation is 1. The molecule has 0 aliphatic heterocycles. The quantitative estimate of drug-likeness (QED) is 0.302. The Kier molecular flexibility index (Phi) is 21.8. The molecule has 29 heavy (non-hydrogen) atoms. The van der Waals surface area contributed by atoms with Gasteiger partial charge in [-0.15, -0.1) is 0 Å². The summed E-state index contributed by atoms with van der Waals surface area (Å²) in [5, 5.41) is 0. The summed E-state index contributed by atoms with van der Waals surface area (Å²) >= 11 is 0. The van der Waals surface area contributed by atoms with E-state index in [1.165, 1.54) is 128 Å². The van der Waals surface area contributed by atoms with Gasteiger partial charge in [0, 0.05) is 0 Å². The molecule has 0 fully saturated rings. The van der Waals surface area contributed by atoms with Crippen molar-refractivity contribution in [3.63, 3.8) is 0 Å². The maximum Gasteiger partial charge on any atom is 0.0770 e. The Balaban J connectivity index is 0.00000784. The number of hydrogen-bond donors (Lipinski definition) is 1. The summed E-state index contributed by atoms with van der Waals surface area (Å²) in [6, 6.07) is 10.9. The maximum atomic E-state index is 2.31. The van der Waals surface area contributed by atoms with Gasteiger partial charge in [0.25, 0.3) is 0 Å². The van der Waals surface area contributed by atoms with Crippen molar-refractivity contribution in [2.45, 2.75) is 117 Å². The molecule has 2 heteroatoms. The molecule has 1 rings (SSSR count). The first kappa shape index (κ1) is 28.5. The first-order chi connectivity index (χ1) is 13.9. The molecule has 0 saturated carbocycles. The van der Waals surface area contributed by atoms with Gasteiger partial charge in [-0.3, -0.25) is 0 Å². The minimum Gasteiger partial charge on any atom is -1.00 e. The first-order valence-corrected chi connectivity index (χ1v) is 12.7. The molecule has 0 spiro atoms. The molecular formula is C27H50ClN. The van der Waals surface area contributed by atoms with Crippen molar-refractivity contribution >= 4 is 0 Å². The monoisotopic (exact) mass is 423 g/mol. The molecule has 0 aliphatic carbocycles. The zero-order valence-electron chi connectivity index (χ0n) is 19.7. The second-order valence-corrected chi connectivity index (χ2v) is 8.75. The van der Waals surface area contributed by atoms with Gasteiger partial charge in [-0.25, -0.2) is 0 Å². The van der Waals surface area contributed by atoms with Crippen molar-refractivity contribution in [2.75, 3.05) is 19.6 Å². The molecule has 0 aliphatic rings. The smallest absolute Gasteiger partial charge is 0.0770 e. The molecule has 170 valence electrons. The van der Waals surface area contributed by atoms with E-state index in [0.717, 1.165) is 0 Å². The summed E-state index contributed by atoms with van der Waals surface area (Å²) < 4.78 is 0. The van der Waals surface area contributed by atoms with Crippen LogP contribution in [0.3, 0.4) is 0 Å². The van der Waals surface area contributed by atoms with Crippen LogP contribution >= 0.6 is 0 Å². The predicted molar refractivity (Wildman–Crippen MR) is 126 cm³/mol. The Morgan fingerprint density at radius 2 is 0.897 bits per heavy atom. The average molecular weight is 424 g/mol. The van der Waals surface area contributed by atoms with Crippen molar-refractivity contribution in [3.05, 3.63) is 35.9 Å². The predicted octanol–water partition coefficient (Wildman–Crippen LogP) is 4.01. The van der Waals surface area contributed by atoms with E-state index in [1.807, 2.05) is 0 Å². The fourth-order valence-corrected chi connectivity index (χ4v) is 4.25. The Bertz CT molecular complexity index is 416. The Morgan fingerprint density at radius 1 is 0.517 bits per heavy atom. The minimum absolute atomic E-state index is 0. The molecule has 1 aromatic carbocycles. The van der Waals surface area contributed by atoms with Crippen LogP contribution in [-0.2, 0) is 6.42 Å². The summed E-state index contributed by atoms with van der Waals surface area (Å²) in [5.74, 6) is 0. The molecule has 1 N–H and O–H groups in total. The second-order valence-electron chi connectivity index (χ2n) is 8.75. The fourth-order valence-electron chi connectivity index (χ4n) is 4.25. The highest BCUT2D eigenvalue weighted by Crippen LogP contribution is 2.14. The lowest BCUT2D eigenvalue weighted by Crippen LogP contribution is -3.11. The average Bonchev–Trinajstić information content (AvgIpc) is 2.74. The first-order valence-electron chi connectivity index (χ1n) is 12.7. The van der Waals surface area contributed by atoms with E-state index in [2.05, 4.69) is 44.2 Å². The van der Waals surface area contributed by atoms with Gasteiger partial charge in [-0.1, -0.05) is 107 Å². The molecular weight excluding hydrogens is 374 g/mol. The number of hydrogen-bond acceptors (Lipinski definition) is 0. The summed E-state index contributed by atoms with van der Waals surface area (Å²) in [4.78, 5) is 1.77. The van der Waals surface area contributed by atoms with Crippen molar-refractivity contribution in [1.82, 2.24) is 0 Å². The summed E-state index contributed by atoms with van der Waals surface area (Å²) in [5.41, 5.74) is 1.50. The zero-order valence-corrected chi connectivity index (χ0v) is 20.5. The van der Waals surface area contributed by atoms with Crippen molar-refractivity contribution in [3.8, 4) is 0 Å². The van der Waals surface area contributed by atoms with E-state index < -0.39 is 0 Å². The normalized spacial score (nSPS) is 11.0. The number of unbranched alkanes of at least 4 members (excludes halogenated alkanes) is 14. The molecule has 0 aromatic heterocycles. The zero-order chi connectivity index (χ0) is 20.1. The van der Waals surface area contributed by atoms with Crippen molar-refractivity contribution < 1.29 is 17.3 Å². The Hall–Kier alpha value is -0.530. The van der Waals surface area contributed by atoms with Crippen LogP contribution in [0.15, 0.2) is 30.3 Å². The lowest BCUT2D eigenvalue weighted by atomic mass is 10.0. The van der Waals surface area contributed by atoms with Crippen LogP contribution < -0.4 is 17.3 Å². The minimum atomic E-state index is 0. The van der Waals surface area contributed by atoms with E-state index in [4.69, 9.17) is 0 Å². The highest BCUT2D eigenvalue weighted by atomic mass is 35.5. The molecule has 1 aromatic rings. The fraction of sp³-hybridized carbons (Fsp3) is 0.778. The third kappa shape index (κ3) is 18.0. The molecule has 0 radical (unpaired) electrons. The molecule has 0 saturated heterocycles. The van der Waals surface area contributed by atoms with Gasteiger partial charge in [-0.2, -0.15) is 0 Å². The van der Waals surface area contributed by atoms with Crippen molar-refractivity contribution in [2.24, 2.45) is 0 Å². The molecule has 1 nitrogen and oxygen atoms in total. The lowest BCUT2D eigenvalue weighted by Gasteiger charge is -2.14. The van der Waals surface area contributed by atoms with E-state index in [1.54, 1.807) is 4.90 Å². The summed E-state index contributed by atoms with van der Waals surface area (Å²) in [6.45, 7) is 8.60. The third-order valence-electron chi connectivity index (χ3n) is 6.34. The van der Waals surface area contributed by atoms with E-state index >= 15 is 0 Å². The van der Waals surface area contributed by atoms with Gasteiger partial charge in [0.15, 0.2) is 0 Å². The standard InChI is InChI=1S/C27H49N.ClH/c1-3-28(4-2)26-22-17-15-13-11-9-7-5-6-8-10-12-14-16-19-23-27-24-20-18-21-25-27;/h18,20-21,24-25H,3-17,19,22-23,26H2,1-2H3;1H. The van der Waals surface area contributed by atoms with E-state index in [9.17, 15) is 0 Å². The molecule has 0 unspecified atom stereocenters. The topological polar surface area (TPSA) is 4.44 Å². The lowest BCUT2D eigenvalue weighted by molar-refractivity contribution is -0.896. The summed E-state index contributed by atoms with van der Waals surface area (Å²) in [6.07, 6.45) is 23.0. The number of benzene rings is 1. The van der Waals surface area contributed by atoms with Gasteiger partial charge >= 0.3 is 0 Å². The van der Waals surface area contributed by atoms with Gasteiger partial charge in [0.05, 0.1) is 19.6 Å². The second kappa shape index (κ2) is 22.2. The number of quaternary nitrogens is 1. The van der Waals surface area contributed by atoms with Crippen LogP contribution in [0.25, 0.3) is 0 Å².